The molecule has 0 amide bonds. The highest BCUT2D eigenvalue weighted by Crippen LogP contribution is 2.23. The van der Waals surface area contributed by atoms with Crippen LogP contribution in [0.4, 0.5) is 10.1 Å². The molecule has 0 unspecified atom stereocenters. The highest BCUT2D eigenvalue weighted by molar-refractivity contribution is 9.10. The Morgan fingerprint density at radius 1 is 1.31 bits per heavy atom. The number of furan rings is 1. The Kier molecular flexibility index (Phi) is 3.29. The Bertz CT molecular complexity index is 496. The molecule has 0 aliphatic rings. The van der Waals surface area contributed by atoms with Crippen molar-refractivity contribution in [3.63, 3.8) is 0 Å². The molecule has 0 saturated carbocycles. The summed E-state index contributed by atoms with van der Waals surface area (Å²) in [5, 5.41) is 3.16. The van der Waals surface area contributed by atoms with Crippen molar-refractivity contribution in [3.8, 4) is 0 Å². The van der Waals surface area contributed by atoms with Crippen molar-refractivity contribution in [3.05, 3.63) is 52.1 Å². The van der Waals surface area contributed by atoms with Gasteiger partial charge in [-0.15, -0.1) is 0 Å². The number of hydrogen-bond acceptors (Lipinski definition) is 2. The first-order chi connectivity index (χ1) is 7.65. The molecule has 0 atom stereocenters. The molecular formula is C12H11BrFNO. The Labute approximate surface area is 102 Å². The Balaban J connectivity index is 2.04. The number of benzene rings is 1. The lowest BCUT2D eigenvalue weighted by molar-refractivity contribution is 0.490. The zero-order valence-corrected chi connectivity index (χ0v) is 10.3. The molecule has 2 nitrogen and oxygen atoms in total. The van der Waals surface area contributed by atoms with Crippen molar-refractivity contribution in [2.45, 2.75) is 13.5 Å². The minimum absolute atomic E-state index is 0.258. The smallest absolute Gasteiger partial charge is 0.124 e. The summed E-state index contributed by atoms with van der Waals surface area (Å²) in [4.78, 5) is 0. The van der Waals surface area contributed by atoms with Crippen LogP contribution in [-0.2, 0) is 6.54 Å². The van der Waals surface area contributed by atoms with Gasteiger partial charge in [0.1, 0.15) is 17.3 Å². The highest BCUT2D eigenvalue weighted by atomic mass is 79.9. The van der Waals surface area contributed by atoms with Crippen LogP contribution in [0.5, 0.6) is 0 Å². The summed E-state index contributed by atoms with van der Waals surface area (Å²) in [6.45, 7) is 2.48. The zero-order chi connectivity index (χ0) is 11.5. The summed E-state index contributed by atoms with van der Waals surface area (Å²) >= 11 is 3.29. The van der Waals surface area contributed by atoms with Crippen molar-refractivity contribution in [1.82, 2.24) is 0 Å². The molecule has 1 aromatic heterocycles. The number of anilines is 1. The maximum atomic E-state index is 12.8. The molecule has 2 aromatic rings. The lowest BCUT2D eigenvalue weighted by atomic mass is 10.3. The van der Waals surface area contributed by atoms with Crippen LogP contribution in [0, 0.1) is 12.7 Å². The van der Waals surface area contributed by atoms with Crippen LogP contribution in [0.25, 0.3) is 0 Å². The monoisotopic (exact) mass is 283 g/mol. The summed E-state index contributed by atoms with van der Waals surface area (Å²) in [6, 6.07) is 8.36. The number of aryl methyl sites for hydroxylation is 1. The van der Waals surface area contributed by atoms with E-state index < -0.39 is 0 Å². The largest absolute Gasteiger partial charge is 0.465 e. The SMILES string of the molecule is Cc1ccc(CNc2ccc(F)cc2Br)o1. The van der Waals surface area contributed by atoms with Crippen molar-refractivity contribution in [1.29, 1.82) is 0 Å². The molecule has 84 valence electrons. The molecule has 0 spiro atoms. The normalized spacial score (nSPS) is 10.4. The van der Waals surface area contributed by atoms with Gasteiger partial charge in [0, 0.05) is 10.2 Å². The lowest BCUT2D eigenvalue weighted by Crippen LogP contribution is -1.98. The number of halogens is 2. The third-order valence-corrected chi connectivity index (χ3v) is 2.84. The second-order valence-corrected chi connectivity index (χ2v) is 4.34. The van der Waals surface area contributed by atoms with E-state index in [1.165, 1.54) is 12.1 Å². The molecule has 4 heteroatoms. The van der Waals surface area contributed by atoms with Crippen LogP contribution in [0.1, 0.15) is 11.5 Å². The van der Waals surface area contributed by atoms with Gasteiger partial charge in [-0.3, -0.25) is 0 Å². The van der Waals surface area contributed by atoms with Gasteiger partial charge in [-0.2, -0.15) is 0 Å². The van der Waals surface area contributed by atoms with Gasteiger partial charge < -0.3 is 9.73 Å². The summed E-state index contributed by atoms with van der Waals surface area (Å²) in [5.41, 5.74) is 0.843. The molecule has 1 aromatic carbocycles. The van der Waals surface area contributed by atoms with E-state index in [-0.39, 0.29) is 5.82 Å². The van der Waals surface area contributed by atoms with E-state index in [1.807, 2.05) is 19.1 Å². The van der Waals surface area contributed by atoms with E-state index in [0.717, 1.165) is 17.2 Å². The van der Waals surface area contributed by atoms with Crippen LogP contribution in [-0.4, -0.2) is 0 Å². The maximum Gasteiger partial charge on any atom is 0.124 e. The van der Waals surface area contributed by atoms with Gasteiger partial charge in [0.05, 0.1) is 6.54 Å². The van der Waals surface area contributed by atoms with Crippen LogP contribution >= 0.6 is 15.9 Å². The Hall–Kier alpha value is -1.29. The van der Waals surface area contributed by atoms with Crippen molar-refractivity contribution < 1.29 is 8.81 Å². The third kappa shape index (κ3) is 2.64. The van der Waals surface area contributed by atoms with Crippen LogP contribution in [0.15, 0.2) is 39.2 Å². The first-order valence-corrected chi connectivity index (χ1v) is 5.69. The number of rotatable bonds is 3. The van der Waals surface area contributed by atoms with Crippen LogP contribution in [0.3, 0.4) is 0 Å². The summed E-state index contributed by atoms with van der Waals surface area (Å²) in [5.74, 6) is 1.48. The molecule has 1 N–H and O–H groups in total. The van der Waals surface area contributed by atoms with Gasteiger partial charge in [0.25, 0.3) is 0 Å². The fourth-order valence-electron chi connectivity index (χ4n) is 1.40. The van der Waals surface area contributed by atoms with Gasteiger partial charge in [-0.05, 0) is 53.2 Å². The van der Waals surface area contributed by atoms with E-state index in [9.17, 15) is 4.39 Å². The van der Waals surface area contributed by atoms with Gasteiger partial charge in [0.2, 0.25) is 0 Å². The predicted octanol–water partition coefficient (Wildman–Crippen LogP) is 4.10. The van der Waals surface area contributed by atoms with Gasteiger partial charge >= 0.3 is 0 Å². The summed E-state index contributed by atoms with van der Waals surface area (Å²) in [7, 11) is 0. The second-order valence-electron chi connectivity index (χ2n) is 3.49. The van der Waals surface area contributed by atoms with E-state index >= 15 is 0 Å². The van der Waals surface area contributed by atoms with E-state index in [4.69, 9.17) is 4.42 Å². The molecule has 2 rings (SSSR count). The zero-order valence-electron chi connectivity index (χ0n) is 8.76. The molecule has 1 heterocycles. The molecule has 0 aliphatic carbocycles. The number of nitrogens with one attached hydrogen (secondary N) is 1. The number of hydrogen-bond donors (Lipinski definition) is 1. The first kappa shape index (κ1) is 11.2. The van der Waals surface area contributed by atoms with Gasteiger partial charge in [-0.25, -0.2) is 4.39 Å². The second kappa shape index (κ2) is 4.70. The average molecular weight is 284 g/mol. The Morgan fingerprint density at radius 2 is 2.12 bits per heavy atom. The van der Waals surface area contributed by atoms with Gasteiger partial charge in [0.15, 0.2) is 0 Å². The van der Waals surface area contributed by atoms with Crippen molar-refractivity contribution in [2.75, 3.05) is 5.32 Å². The Morgan fingerprint density at radius 3 is 2.75 bits per heavy atom. The van der Waals surface area contributed by atoms with Gasteiger partial charge in [-0.1, -0.05) is 0 Å². The molecule has 16 heavy (non-hydrogen) atoms. The fourth-order valence-corrected chi connectivity index (χ4v) is 1.89. The van der Waals surface area contributed by atoms with E-state index in [2.05, 4.69) is 21.2 Å². The molecular weight excluding hydrogens is 273 g/mol. The first-order valence-electron chi connectivity index (χ1n) is 4.89. The van der Waals surface area contributed by atoms with E-state index in [0.29, 0.717) is 11.0 Å². The minimum Gasteiger partial charge on any atom is -0.465 e. The van der Waals surface area contributed by atoms with E-state index in [1.54, 1.807) is 6.07 Å². The molecule has 0 radical (unpaired) electrons. The third-order valence-electron chi connectivity index (χ3n) is 2.18. The standard InChI is InChI=1S/C12H11BrFNO/c1-8-2-4-10(16-8)7-15-12-5-3-9(14)6-11(12)13/h2-6,15H,7H2,1H3. The molecule has 0 saturated heterocycles. The summed E-state index contributed by atoms with van der Waals surface area (Å²) < 4.78 is 19.0. The minimum atomic E-state index is -0.258. The average Bonchev–Trinajstić information content (AvgIpc) is 2.63. The lowest BCUT2D eigenvalue weighted by Gasteiger charge is -2.06. The van der Waals surface area contributed by atoms with Crippen molar-refractivity contribution in [2.24, 2.45) is 0 Å². The van der Waals surface area contributed by atoms with Crippen LogP contribution < -0.4 is 5.32 Å². The molecule has 0 fully saturated rings. The maximum absolute atomic E-state index is 12.8. The van der Waals surface area contributed by atoms with Crippen LogP contribution in [0.2, 0.25) is 0 Å². The fraction of sp³-hybridized carbons (Fsp3) is 0.167. The summed E-state index contributed by atoms with van der Waals surface area (Å²) in [6.07, 6.45) is 0. The highest BCUT2D eigenvalue weighted by Gasteiger charge is 2.02. The quantitative estimate of drug-likeness (QED) is 0.917. The predicted molar refractivity (Wildman–Crippen MR) is 64.9 cm³/mol. The molecule has 0 bridgehead atoms. The van der Waals surface area contributed by atoms with Crippen molar-refractivity contribution >= 4 is 21.6 Å². The molecule has 0 aliphatic heterocycles. The topological polar surface area (TPSA) is 25.2 Å².